The second-order valence-electron chi connectivity index (χ2n) is 6.89. The zero-order chi connectivity index (χ0) is 22.8. The van der Waals surface area contributed by atoms with Crippen LogP contribution in [0.5, 0.6) is 0 Å². The fraction of sp³-hybridized carbons (Fsp3) is 0.167. The van der Waals surface area contributed by atoms with Crippen LogP contribution in [-0.2, 0) is 29.1 Å². The first-order chi connectivity index (χ1) is 15.5. The van der Waals surface area contributed by atoms with E-state index in [-0.39, 0.29) is 45.4 Å². The smallest absolute Gasteiger partial charge is 0.550 e. The first kappa shape index (κ1) is 25.7. The van der Waals surface area contributed by atoms with Gasteiger partial charge in [-0.1, -0.05) is 36.4 Å². The van der Waals surface area contributed by atoms with Crippen LogP contribution in [0.1, 0.15) is 24.0 Å². The van der Waals surface area contributed by atoms with Gasteiger partial charge in [0.05, 0.1) is 0 Å². The van der Waals surface area contributed by atoms with Crippen LogP contribution in [0.15, 0.2) is 70.9 Å². The van der Waals surface area contributed by atoms with Gasteiger partial charge in [-0.2, -0.15) is 0 Å². The number of aromatic nitrogens is 2. The molecule has 9 heteroatoms. The van der Waals surface area contributed by atoms with E-state index in [1.54, 1.807) is 12.4 Å². The van der Waals surface area contributed by atoms with E-state index in [1.165, 1.54) is 0 Å². The Kier molecular flexibility index (Phi) is 10.2. The van der Waals surface area contributed by atoms with Gasteiger partial charge >= 0.3 is 19.5 Å². The molecule has 8 nitrogen and oxygen atoms in total. The monoisotopic (exact) mass is 494 g/mol. The van der Waals surface area contributed by atoms with E-state index in [4.69, 9.17) is 0 Å². The summed E-state index contributed by atoms with van der Waals surface area (Å²) < 4.78 is 0. The van der Waals surface area contributed by atoms with Crippen molar-refractivity contribution >= 4 is 46.2 Å². The summed E-state index contributed by atoms with van der Waals surface area (Å²) in [6, 6.07) is 15.8. The van der Waals surface area contributed by atoms with Gasteiger partial charge in [-0.3, -0.25) is 9.98 Å². The summed E-state index contributed by atoms with van der Waals surface area (Å²) in [5.74, 6) is -2.15. The van der Waals surface area contributed by atoms with Gasteiger partial charge in [0, 0.05) is 95.6 Å². The van der Waals surface area contributed by atoms with E-state index in [0.29, 0.717) is 0 Å². The molecule has 0 aliphatic carbocycles. The Bertz CT molecular complexity index is 1160. The number of benzene rings is 2. The van der Waals surface area contributed by atoms with Gasteiger partial charge in [-0.15, -0.1) is 0 Å². The maximum absolute atomic E-state index is 10.2. The van der Waals surface area contributed by atoms with E-state index in [1.807, 2.05) is 60.9 Å². The number of H-pyrrole nitrogens is 2. The largest absolute Gasteiger partial charge is 2.00 e. The van der Waals surface area contributed by atoms with Crippen LogP contribution in [0.3, 0.4) is 0 Å². The summed E-state index contributed by atoms with van der Waals surface area (Å²) in [7, 11) is 0. The first-order valence-electron chi connectivity index (χ1n) is 10.1. The SMILES string of the molecule is O=C([O-])CCN=Cc1c[nH]c2ccccc12.O=C([O-])CCN=Cc1c[nH]c2ccccc12.[Zn+2]. The third-order valence-electron chi connectivity index (χ3n) is 4.59. The zero-order valence-corrected chi connectivity index (χ0v) is 21.0. The Morgan fingerprint density at radius 3 is 1.52 bits per heavy atom. The molecule has 0 spiro atoms. The number of carbonyl (C=O) groups is 2. The van der Waals surface area contributed by atoms with Crippen molar-refractivity contribution in [2.45, 2.75) is 12.8 Å². The molecule has 0 atom stereocenters. The van der Waals surface area contributed by atoms with Gasteiger partial charge in [0.1, 0.15) is 0 Å². The Balaban J connectivity index is 0.000000227. The number of hydrogen-bond acceptors (Lipinski definition) is 6. The van der Waals surface area contributed by atoms with E-state index < -0.39 is 11.9 Å². The number of nitrogens with zero attached hydrogens (tertiary/aromatic N) is 2. The predicted molar refractivity (Wildman–Crippen MR) is 121 cm³/mol. The molecule has 0 radical (unpaired) electrons. The number of carboxylic acid groups (broad SMARTS) is 2. The van der Waals surface area contributed by atoms with Crippen molar-refractivity contribution < 1.29 is 39.3 Å². The minimum Gasteiger partial charge on any atom is -0.550 e. The summed E-state index contributed by atoms with van der Waals surface area (Å²) in [6.07, 6.45) is 6.99. The normalized spacial score (nSPS) is 10.9. The molecule has 2 aromatic carbocycles. The van der Waals surface area contributed by atoms with Crippen molar-refractivity contribution in [3.63, 3.8) is 0 Å². The van der Waals surface area contributed by atoms with E-state index >= 15 is 0 Å². The molecule has 33 heavy (non-hydrogen) atoms. The summed E-state index contributed by atoms with van der Waals surface area (Å²) in [5.41, 5.74) is 4.02. The van der Waals surface area contributed by atoms with Crippen LogP contribution in [0, 0.1) is 0 Å². The summed E-state index contributed by atoms with van der Waals surface area (Å²) in [6.45, 7) is 0.504. The molecule has 0 saturated carbocycles. The molecule has 0 aliphatic heterocycles. The molecule has 164 valence electrons. The molecule has 0 saturated heterocycles. The minimum atomic E-state index is -1.07. The van der Waals surface area contributed by atoms with Crippen LogP contribution in [0.25, 0.3) is 21.8 Å². The second kappa shape index (κ2) is 13.1. The van der Waals surface area contributed by atoms with Crippen molar-refractivity contribution in [1.29, 1.82) is 0 Å². The number of nitrogens with one attached hydrogen (secondary N) is 2. The maximum atomic E-state index is 10.2. The molecule has 0 aliphatic rings. The van der Waals surface area contributed by atoms with Crippen molar-refractivity contribution in [3.05, 3.63) is 72.1 Å². The summed E-state index contributed by atoms with van der Waals surface area (Å²) >= 11 is 0. The number of carboxylic acids is 2. The Morgan fingerprint density at radius 2 is 1.12 bits per heavy atom. The number of fused-ring (bicyclic) bond motifs is 2. The maximum Gasteiger partial charge on any atom is 2.00 e. The van der Waals surface area contributed by atoms with Crippen LogP contribution < -0.4 is 10.2 Å². The number of aliphatic imine (C=N–C) groups is 2. The molecule has 0 fully saturated rings. The third kappa shape index (κ3) is 7.81. The van der Waals surface area contributed by atoms with Crippen molar-refractivity contribution in [1.82, 2.24) is 9.97 Å². The average Bonchev–Trinajstić information content (AvgIpc) is 3.39. The number of rotatable bonds is 8. The molecule has 2 aromatic heterocycles. The van der Waals surface area contributed by atoms with Crippen molar-refractivity contribution in [2.24, 2.45) is 9.98 Å². The number of para-hydroxylation sites is 2. The Hall–Kier alpha value is -3.58. The summed E-state index contributed by atoms with van der Waals surface area (Å²) in [5, 5.41) is 22.5. The predicted octanol–water partition coefficient (Wildman–Crippen LogP) is 1.45. The van der Waals surface area contributed by atoms with Gasteiger partial charge in [-0.05, 0) is 12.1 Å². The molecule has 0 amide bonds. The first-order valence-corrected chi connectivity index (χ1v) is 10.1. The molecule has 2 heterocycles. The van der Waals surface area contributed by atoms with Gasteiger partial charge in [-0.25, -0.2) is 0 Å². The molecule has 4 rings (SSSR count). The topological polar surface area (TPSA) is 137 Å². The number of aliphatic carboxylic acids is 2. The van der Waals surface area contributed by atoms with Gasteiger partial charge < -0.3 is 29.8 Å². The number of carbonyl (C=O) groups excluding carboxylic acids is 2. The summed E-state index contributed by atoms with van der Waals surface area (Å²) in [4.78, 5) is 34.7. The number of hydrogen-bond donors (Lipinski definition) is 2. The molecule has 2 N–H and O–H groups in total. The van der Waals surface area contributed by atoms with E-state index in [9.17, 15) is 19.8 Å². The Morgan fingerprint density at radius 1 is 0.727 bits per heavy atom. The van der Waals surface area contributed by atoms with Crippen molar-refractivity contribution in [2.75, 3.05) is 13.1 Å². The minimum absolute atomic E-state index is 0. The molecule has 0 unspecified atom stereocenters. The molecular weight excluding hydrogens is 474 g/mol. The Labute approximate surface area is 203 Å². The van der Waals surface area contributed by atoms with E-state index in [2.05, 4.69) is 20.0 Å². The van der Waals surface area contributed by atoms with Gasteiger partial charge in [0.2, 0.25) is 0 Å². The van der Waals surface area contributed by atoms with Crippen LogP contribution in [0.2, 0.25) is 0 Å². The fourth-order valence-electron chi connectivity index (χ4n) is 3.04. The van der Waals surface area contributed by atoms with Gasteiger partial charge in [0.25, 0.3) is 0 Å². The molecular formula is C24H22N4O4Zn. The molecule has 4 aromatic rings. The van der Waals surface area contributed by atoms with Gasteiger partial charge in [0.15, 0.2) is 0 Å². The molecule has 0 bridgehead atoms. The quantitative estimate of drug-likeness (QED) is 0.282. The van der Waals surface area contributed by atoms with Crippen LogP contribution in [-0.4, -0.2) is 47.4 Å². The van der Waals surface area contributed by atoms with E-state index in [0.717, 1.165) is 32.9 Å². The standard InChI is InChI=1S/2C12H12N2O2.Zn/c2*15-12(16)5-6-13-7-9-8-14-11-4-2-1-3-10(9)11;/h2*1-4,7-8,14H,5-6H2,(H,15,16);/q;;+2/p-2. The average molecular weight is 496 g/mol. The van der Waals surface area contributed by atoms with Crippen LogP contribution >= 0.6 is 0 Å². The number of aromatic amines is 2. The van der Waals surface area contributed by atoms with Crippen molar-refractivity contribution in [3.8, 4) is 0 Å². The second-order valence-corrected chi connectivity index (χ2v) is 6.89. The fourth-order valence-corrected chi connectivity index (χ4v) is 3.04. The van der Waals surface area contributed by atoms with Crippen LogP contribution in [0.4, 0.5) is 0 Å². The zero-order valence-electron chi connectivity index (χ0n) is 18.0. The third-order valence-corrected chi connectivity index (χ3v) is 4.59.